The number of hydrogen-bond donors (Lipinski definition) is 0. The zero-order chi connectivity index (χ0) is 22.5. The van der Waals surface area contributed by atoms with Crippen LogP contribution < -0.4 is 0 Å². The number of fused-ring (bicyclic) bond motifs is 6. The highest BCUT2D eigenvalue weighted by Gasteiger charge is 2.12. The molecule has 0 spiro atoms. The topological polar surface area (TPSA) is 51.6 Å². The van der Waals surface area contributed by atoms with Crippen molar-refractivity contribution < 1.29 is 0 Å². The van der Waals surface area contributed by atoms with Crippen LogP contribution in [0.5, 0.6) is 0 Å². The molecule has 3 aromatic carbocycles. The van der Waals surface area contributed by atoms with Gasteiger partial charge in [0.15, 0.2) is 0 Å². The second-order valence-electron chi connectivity index (χ2n) is 8.40. The third kappa shape index (κ3) is 2.86. The molecule has 7 aromatic rings. The Morgan fingerprint density at radius 1 is 0.441 bits per heavy atom. The number of aromatic nitrogens is 4. The molecule has 4 heteroatoms. The molecule has 4 nitrogen and oxygen atoms in total. The number of benzene rings is 3. The van der Waals surface area contributed by atoms with Crippen molar-refractivity contribution in [2.24, 2.45) is 0 Å². The number of rotatable bonds is 2. The molecular weight excluding hydrogens is 416 g/mol. The van der Waals surface area contributed by atoms with Gasteiger partial charge in [-0.1, -0.05) is 42.5 Å². The van der Waals surface area contributed by atoms with Crippen molar-refractivity contribution >= 4 is 43.5 Å². The number of pyridine rings is 4. The third-order valence-corrected chi connectivity index (χ3v) is 6.48. The van der Waals surface area contributed by atoms with E-state index in [1.54, 1.807) is 0 Å². The molecule has 0 saturated heterocycles. The fraction of sp³-hybridized carbons (Fsp3) is 0. The van der Waals surface area contributed by atoms with E-state index in [-0.39, 0.29) is 0 Å². The van der Waals surface area contributed by atoms with Crippen LogP contribution in [0.25, 0.3) is 65.7 Å². The van der Waals surface area contributed by atoms with E-state index in [0.29, 0.717) is 0 Å². The summed E-state index contributed by atoms with van der Waals surface area (Å²) >= 11 is 0. The van der Waals surface area contributed by atoms with Crippen LogP contribution in [-0.4, -0.2) is 19.9 Å². The summed E-state index contributed by atoms with van der Waals surface area (Å²) in [5.74, 6) is 0. The Kier molecular flexibility index (Phi) is 4.11. The molecule has 0 amide bonds. The monoisotopic (exact) mass is 434 g/mol. The molecule has 0 saturated carbocycles. The van der Waals surface area contributed by atoms with Gasteiger partial charge in [-0.25, -0.2) is 0 Å². The average molecular weight is 435 g/mol. The lowest BCUT2D eigenvalue weighted by molar-refractivity contribution is 1.36. The Morgan fingerprint density at radius 2 is 1.03 bits per heavy atom. The molecule has 7 rings (SSSR count). The lowest BCUT2D eigenvalue weighted by atomic mass is 9.93. The first kappa shape index (κ1) is 18.8. The number of nitrogens with zero attached hydrogens (tertiary/aromatic N) is 4. The summed E-state index contributed by atoms with van der Waals surface area (Å²) in [5, 5.41) is 5.53. The standard InChI is InChI=1S/C30H18N4/c1-4-22-17-26(24-6-3-14-34-30(24)28(22)32-12-1)20-9-7-19(8-10-20)25-16-21-11-15-31-18-27(21)29-23(25)5-2-13-33-29/h1-18H. The highest BCUT2D eigenvalue weighted by atomic mass is 14.7. The van der Waals surface area contributed by atoms with Crippen LogP contribution in [0, 0.1) is 0 Å². The van der Waals surface area contributed by atoms with E-state index in [1.807, 2.05) is 55.2 Å². The molecule has 0 atom stereocenters. The highest BCUT2D eigenvalue weighted by molar-refractivity contribution is 6.12. The lowest BCUT2D eigenvalue weighted by Crippen LogP contribution is -1.90. The summed E-state index contributed by atoms with van der Waals surface area (Å²) in [6.07, 6.45) is 9.22. The molecule has 0 radical (unpaired) electrons. The molecular formula is C30H18N4. The maximum absolute atomic E-state index is 4.67. The lowest BCUT2D eigenvalue weighted by Gasteiger charge is -2.12. The SMILES string of the molecule is c1cnc2c(c1)cc(-c1ccc(-c3cc4ccncc4c4ncccc34)cc1)c1cccnc12. The second kappa shape index (κ2) is 7.42. The summed E-state index contributed by atoms with van der Waals surface area (Å²) in [7, 11) is 0. The maximum atomic E-state index is 4.67. The molecule has 0 bridgehead atoms. The summed E-state index contributed by atoms with van der Waals surface area (Å²) in [5.41, 5.74) is 7.48. The fourth-order valence-corrected chi connectivity index (χ4v) is 4.88. The van der Waals surface area contributed by atoms with Gasteiger partial charge < -0.3 is 0 Å². The number of hydrogen-bond acceptors (Lipinski definition) is 4. The molecule has 0 N–H and O–H groups in total. The van der Waals surface area contributed by atoms with Gasteiger partial charge in [-0.3, -0.25) is 19.9 Å². The Labute approximate surface area is 195 Å². The molecule has 0 unspecified atom stereocenters. The Balaban J connectivity index is 1.43. The van der Waals surface area contributed by atoms with E-state index in [4.69, 9.17) is 0 Å². The van der Waals surface area contributed by atoms with Crippen molar-refractivity contribution in [1.82, 2.24) is 19.9 Å². The predicted octanol–water partition coefficient (Wildman–Crippen LogP) is 7.21. The fourth-order valence-electron chi connectivity index (χ4n) is 4.88. The van der Waals surface area contributed by atoms with E-state index in [0.717, 1.165) is 60.2 Å². The highest BCUT2D eigenvalue weighted by Crippen LogP contribution is 2.36. The first-order chi connectivity index (χ1) is 16.9. The Hall–Kier alpha value is -4.70. The van der Waals surface area contributed by atoms with Gasteiger partial charge in [-0.05, 0) is 64.0 Å². The molecule has 4 heterocycles. The summed E-state index contributed by atoms with van der Waals surface area (Å²) < 4.78 is 0. The van der Waals surface area contributed by atoms with Crippen LogP contribution in [0.15, 0.2) is 110 Å². The van der Waals surface area contributed by atoms with Crippen LogP contribution in [0.1, 0.15) is 0 Å². The van der Waals surface area contributed by atoms with Crippen molar-refractivity contribution in [1.29, 1.82) is 0 Å². The largest absolute Gasteiger partial charge is 0.264 e. The van der Waals surface area contributed by atoms with Crippen molar-refractivity contribution in [2.45, 2.75) is 0 Å². The van der Waals surface area contributed by atoms with Crippen LogP contribution in [0.3, 0.4) is 0 Å². The van der Waals surface area contributed by atoms with Crippen LogP contribution in [0.2, 0.25) is 0 Å². The van der Waals surface area contributed by atoms with Gasteiger partial charge in [0.2, 0.25) is 0 Å². The maximum Gasteiger partial charge on any atom is 0.0970 e. The zero-order valence-corrected chi connectivity index (χ0v) is 18.2. The van der Waals surface area contributed by atoms with E-state index < -0.39 is 0 Å². The van der Waals surface area contributed by atoms with E-state index in [9.17, 15) is 0 Å². The molecule has 0 aliphatic rings. The van der Waals surface area contributed by atoms with Crippen molar-refractivity contribution in [3.8, 4) is 22.3 Å². The third-order valence-electron chi connectivity index (χ3n) is 6.48. The Bertz CT molecular complexity index is 1720. The first-order valence-electron chi connectivity index (χ1n) is 11.2. The van der Waals surface area contributed by atoms with Crippen molar-refractivity contribution in [2.75, 3.05) is 0 Å². The van der Waals surface area contributed by atoms with Gasteiger partial charge in [-0.2, -0.15) is 0 Å². The quantitative estimate of drug-likeness (QED) is 0.270. The normalized spacial score (nSPS) is 11.5. The Morgan fingerprint density at radius 3 is 1.76 bits per heavy atom. The van der Waals surface area contributed by atoms with Gasteiger partial charge in [0.25, 0.3) is 0 Å². The molecule has 34 heavy (non-hydrogen) atoms. The van der Waals surface area contributed by atoms with Gasteiger partial charge in [0.05, 0.1) is 16.6 Å². The van der Waals surface area contributed by atoms with Crippen LogP contribution in [-0.2, 0) is 0 Å². The van der Waals surface area contributed by atoms with Crippen LogP contribution in [0.4, 0.5) is 0 Å². The minimum Gasteiger partial charge on any atom is -0.264 e. The smallest absolute Gasteiger partial charge is 0.0970 e. The van der Waals surface area contributed by atoms with E-state index in [1.165, 1.54) is 5.56 Å². The van der Waals surface area contributed by atoms with Gasteiger partial charge in [0.1, 0.15) is 0 Å². The molecule has 0 fully saturated rings. The molecule has 158 valence electrons. The van der Waals surface area contributed by atoms with Gasteiger partial charge in [0, 0.05) is 52.5 Å². The van der Waals surface area contributed by atoms with Crippen molar-refractivity contribution in [3.05, 3.63) is 110 Å². The second-order valence-corrected chi connectivity index (χ2v) is 8.40. The molecule has 0 aliphatic heterocycles. The predicted molar refractivity (Wildman–Crippen MR) is 139 cm³/mol. The first-order valence-corrected chi connectivity index (χ1v) is 11.2. The summed E-state index contributed by atoms with van der Waals surface area (Å²) in [6.45, 7) is 0. The minimum absolute atomic E-state index is 0.930. The average Bonchev–Trinajstić information content (AvgIpc) is 2.92. The van der Waals surface area contributed by atoms with Gasteiger partial charge >= 0.3 is 0 Å². The van der Waals surface area contributed by atoms with Crippen LogP contribution >= 0.6 is 0 Å². The van der Waals surface area contributed by atoms with Gasteiger partial charge in [-0.15, -0.1) is 0 Å². The molecule has 0 aliphatic carbocycles. The van der Waals surface area contributed by atoms with E-state index >= 15 is 0 Å². The summed E-state index contributed by atoms with van der Waals surface area (Å²) in [6, 6.07) is 27.6. The zero-order valence-electron chi connectivity index (χ0n) is 18.2. The van der Waals surface area contributed by atoms with Crippen molar-refractivity contribution in [3.63, 3.8) is 0 Å². The summed E-state index contributed by atoms with van der Waals surface area (Å²) in [4.78, 5) is 18.2. The van der Waals surface area contributed by atoms with E-state index in [2.05, 4.69) is 74.5 Å². The minimum atomic E-state index is 0.930. The molecule has 4 aromatic heterocycles.